The molecule has 2 rings (SSSR count). The SMILES string of the molecule is NC(CNC(=O)c1cccc2ncccc12)=NO. The monoisotopic (exact) mass is 244 g/mol. The number of amidine groups is 1. The van der Waals surface area contributed by atoms with Gasteiger partial charge < -0.3 is 16.3 Å². The van der Waals surface area contributed by atoms with Gasteiger partial charge in [-0.2, -0.15) is 0 Å². The van der Waals surface area contributed by atoms with Crippen molar-refractivity contribution in [3.05, 3.63) is 42.1 Å². The standard InChI is InChI=1S/C12H12N4O2/c13-11(16-18)7-15-12(17)9-3-1-5-10-8(9)4-2-6-14-10/h1-6,18H,7H2,(H2,13,16)(H,15,17). The summed E-state index contributed by atoms with van der Waals surface area (Å²) in [5.74, 6) is -0.345. The van der Waals surface area contributed by atoms with Gasteiger partial charge in [0.1, 0.15) is 0 Å². The van der Waals surface area contributed by atoms with Gasteiger partial charge in [0.15, 0.2) is 5.84 Å². The molecule has 1 heterocycles. The first-order valence-electron chi connectivity index (χ1n) is 5.30. The molecule has 0 aliphatic carbocycles. The van der Waals surface area contributed by atoms with Gasteiger partial charge in [-0.3, -0.25) is 9.78 Å². The van der Waals surface area contributed by atoms with Gasteiger partial charge in [-0.25, -0.2) is 0 Å². The fourth-order valence-electron chi connectivity index (χ4n) is 1.60. The fourth-order valence-corrected chi connectivity index (χ4v) is 1.60. The normalized spacial score (nSPS) is 11.4. The number of hydrogen-bond donors (Lipinski definition) is 3. The number of nitrogens with one attached hydrogen (secondary N) is 1. The quantitative estimate of drug-likeness (QED) is 0.320. The number of carbonyl (C=O) groups is 1. The molecule has 6 nitrogen and oxygen atoms in total. The van der Waals surface area contributed by atoms with Crippen molar-refractivity contribution in [2.75, 3.05) is 6.54 Å². The lowest BCUT2D eigenvalue weighted by Crippen LogP contribution is -2.33. The maximum absolute atomic E-state index is 11.9. The molecule has 0 saturated carbocycles. The van der Waals surface area contributed by atoms with Crippen LogP contribution < -0.4 is 11.1 Å². The molecule has 4 N–H and O–H groups in total. The molecule has 0 fully saturated rings. The number of aromatic nitrogens is 1. The van der Waals surface area contributed by atoms with Crippen molar-refractivity contribution < 1.29 is 10.0 Å². The zero-order valence-electron chi connectivity index (χ0n) is 9.50. The molecular formula is C12H12N4O2. The Balaban J connectivity index is 2.28. The number of pyridine rings is 1. The molecule has 0 radical (unpaired) electrons. The summed E-state index contributed by atoms with van der Waals surface area (Å²) in [4.78, 5) is 16.1. The second kappa shape index (κ2) is 5.13. The molecule has 1 amide bonds. The van der Waals surface area contributed by atoms with E-state index in [1.165, 1.54) is 0 Å². The highest BCUT2D eigenvalue weighted by molar-refractivity contribution is 6.07. The molecule has 18 heavy (non-hydrogen) atoms. The smallest absolute Gasteiger partial charge is 0.252 e. The second-order valence-electron chi connectivity index (χ2n) is 3.65. The molecule has 92 valence electrons. The number of rotatable bonds is 3. The van der Waals surface area contributed by atoms with E-state index in [2.05, 4.69) is 15.5 Å². The molecule has 0 aliphatic heterocycles. The Morgan fingerprint density at radius 1 is 1.39 bits per heavy atom. The minimum atomic E-state index is -0.291. The van der Waals surface area contributed by atoms with E-state index in [1.54, 1.807) is 24.4 Å². The minimum Gasteiger partial charge on any atom is -0.409 e. The Labute approximate surface area is 103 Å². The largest absolute Gasteiger partial charge is 0.409 e. The van der Waals surface area contributed by atoms with Crippen LogP contribution in [0.2, 0.25) is 0 Å². The van der Waals surface area contributed by atoms with Crippen LogP contribution in [0.5, 0.6) is 0 Å². The summed E-state index contributed by atoms with van der Waals surface area (Å²) in [6.45, 7) is -0.00795. The van der Waals surface area contributed by atoms with Gasteiger partial charge >= 0.3 is 0 Å². The highest BCUT2D eigenvalue weighted by atomic mass is 16.4. The predicted molar refractivity (Wildman–Crippen MR) is 67.5 cm³/mol. The lowest BCUT2D eigenvalue weighted by molar-refractivity contribution is 0.0960. The molecule has 0 unspecified atom stereocenters. The third-order valence-corrected chi connectivity index (χ3v) is 2.45. The number of hydrogen-bond acceptors (Lipinski definition) is 4. The van der Waals surface area contributed by atoms with Gasteiger partial charge in [-0.05, 0) is 18.2 Å². The summed E-state index contributed by atoms with van der Waals surface area (Å²) in [6, 6.07) is 8.87. The van der Waals surface area contributed by atoms with Crippen molar-refractivity contribution in [3.63, 3.8) is 0 Å². The van der Waals surface area contributed by atoms with Crippen LogP contribution in [0.25, 0.3) is 10.9 Å². The highest BCUT2D eigenvalue weighted by Gasteiger charge is 2.09. The van der Waals surface area contributed by atoms with Crippen molar-refractivity contribution in [2.45, 2.75) is 0 Å². The summed E-state index contributed by atoms with van der Waals surface area (Å²) in [6.07, 6.45) is 1.67. The maximum Gasteiger partial charge on any atom is 0.252 e. The fraction of sp³-hybridized carbons (Fsp3) is 0.0833. The number of nitrogens with two attached hydrogens (primary N) is 1. The van der Waals surface area contributed by atoms with Gasteiger partial charge in [0, 0.05) is 17.1 Å². The maximum atomic E-state index is 11.9. The molecule has 0 atom stereocenters. The summed E-state index contributed by atoms with van der Waals surface area (Å²) >= 11 is 0. The molecule has 0 spiro atoms. The molecule has 2 aromatic rings. The summed E-state index contributed by atoms with van der Waals surface area (Å²) in [5.41, 5.74) is 6.54. The van der Waals surface area contributed by atoms with Gasteiger partial charge in [0.25, 0.3) is 5.91 Å². The first-order valence-corrected chi connectivity index (χ1v) is 5.30. The predicted octanol–water partition coefficient (Wildman–Crippen LogP) is 0.711. The number of amides is 1. The number of nitrogens with zero attached hydrogens (tertiary/aromatic N) is 2. The van der Waals surface area contributed by atoms with Crippen molar-refractivity contribution >= 4 is 22.6 Å². The Kier molecular flexibility index (Phi) is 3.38. The van der Waals surface area contributed by atoms with Gasteiger partial charge in [-0.15, -0.1) is 0 Å². The zero-order valence-corrected chi connectivity index (χ0v) is 9.50. The van der Waals surface area contributed by atoms with E-state index < -0.39 is 0 Å². The zero-order chi connectivity index (χ0) is 13.0. The van der Waals surface area contributed by atoms with Crippen LogP contribution in [-0.4, -0.2) is 28.5 Å². The third kappa shape index (κ3) is 2.37. The topological polar surface area (TPSA) is 101 Å². The van der Waals surface area contributed by atoms with Crippen LogP contribution in [0.4, 0.5) is 0 Å². The average molecular weight is 244 g/mol. The summed E-state index contributed by atoms with van der Waals surface area (Å²) in [7, 11) is 0. The minimum absolute atomic E-state index is 0.00795. The molecule has 0 aliphatic rings. The van der Waals surface area contributed by atoms with E-state index in [0.29, 0.717) is 5.56 Å². The number of oxime groups is 1. The van der Waals surface area contributed by atoms with Crippen LogP contribution in [0.3, 0.4) is 0 Å². The van der Waals surface area contributed by atoms with Crippen LogP contribution in [0, 0.1) is 0 Å². The molecule has 1 aromatic heterocycles. The number of fused-ring (bicyclic) bond motifs is 1. The Morgan fingerprint density at radius 3 is 3.00 bits per heavy atom. The summed E-state index contributed by atoms with van der Waals surface area (Å²) < 4.78 is 0. The van der Waals surface area contributed by atoms with Crippen LogP contribution in [-0.2, 0) is 0 Å². The molecule has 6 heteroatoms. The van der Waals surface area contributed by atoms with Gasteiger partial charge in [0.2, 0.25) is 0 Å². The Bertz CT molecular complexity index is 605. The van der Waals surface area contributed by atoms with Gasteiger partial charge in [-0.1, -0.05) is 17.3 Å². The van der Waals surface area contributed by atoms with Gasteiger partial charge in [0.05, 0.1) is 12.1 Å². The van der Waals surface area contributed by atoms with Crippen molar-refractivity contribution in [1.29, 1.82) is 0 Å². The highest BCUT2D eigenvalue weighted by Crippen LogP contribution is 2.15. The van der Waals surface area contributed by atoms with E-state index in [0.717, 1.165) is 10.9 Å². The Morgan fingerprint density at radius 2 is 2.22 bits per heavy atom. The van der Waals surface area contributed by atoms with Crippen LogP contribution in [0.15, 0.2) is 41.7 Å². The van der Waals surface area contributed by atoms with E-state index in [4.69, 9.17) is 10.9 Å². The lowest BCUT2D eigenvalue weighted by atomic mass is 10.1. The molecule has 0 bridgehead atoms. The van der Waals surface area contributed by atoms with Crippen LogP contribution >= 0.6 is 0 Å². The molecular weight excluding hydrogens is 232 g/mol. The van der Waals surface area contributed by atoms with E-state index in [9.17, 15) is 4.79 Å². The number of carbonyl (C=O) groups excluding carboxylic acids is 1. The average Bonchev–Trinajstić information content (AvgIpc) is 2.43. The second-order valence-corrected chi connectivity index (χ2v) is 3.65. The summed E-state index contributed by atoms with van der Waals surface area (Å²) in [5, 5.41) is 14.5. The Hall–Kier alpha value is -2.63. The number of benzene rings is 1. The molecule has 0 saturated heterocycles. The van der Waals surface area contributed by atoms with Crippen molar-refractivity contribution in [3.8, 4) is 0 Å². The van der Waals surface area contributed by atoms with Crippen LogP contribution in [0.1, 0.15) is 10.4 Å². The lowest BCUT2D eigenvalue weighted by Gasteiger charge is -2.06. The van der Waals surface area contributed by atoms with E-state index in [1.807, 2.05) is 12.1 Å². The van der Waals surface area contributed by atoms with Crippen molar-refractivity contribution in [2.24, 2.45) is 10.9 Å². The third-order valence-electron chi connectivity index (χ3n) is 2.45. The van der Waals surface area contributed by atoms with E-state index >= 15 is 0 Å². The van der Waals surface area contributed by atoms with Crippen molar-refractivity contribution in [1.82, 2.24) is 10.3 Å². The first-order chi connectivity index (χ1) is 8.72. The first kappa shape index (κ1) is 11.8. The van der Waals surface area contributed by atoms with E-state index in [-0.39, 0.29) is 18.3 Å². The molecule has 1 aromatic carbocycles.